The van der Waals surface area contributed by atoms with E-state index in [1.165, 1.54) is 12.8 Å². The summed E-state index contributed by atoms with van der Waals surface area (Å²) in [7, 11) is 0. The Morgan fingerprint density at radius 1 is 1.71 bits per heavy atom. The van der Waals surface area contributed by atoms with Gasteiger partial charge in [0.15, 0.2) is 0 Å². The lowest BCUT2D eigenvalue weighted by Crippen LogP contribution is -2.25. The van der Waals surface area contributed by atoms with Crippen molar-refractivity contribution >= 4 is 11.6 Å². The highest BCUT2D eigenvalue weighted by atomic mass is 35.5. The minimum atomic E-state index is 0.377. The van der Waals surface area contributed by atoms with E-state index in [2.05, 4.69) is 17.3 Å². The van der Waals surface area contributed by atoms with E-state index < -0.39 is 0 Å². The number of hydrogen-bond acceptors (Lipinski definition) is 2. The Hall–Kier alpha value is -0.540. The first-order valence-corrected chi connectivity index (χ1v) is 5.49. The van der Waals surface area contributed by atoms with Gasteiger partial charge in [-0.05, 0) is 26.7 Å². The van der Waals surface area contributed by atoms with E-state index in [4.69, 9.17) is 11.6 Å². The number of rotatable bonds is 4. The fourth-order valence-electron chi connectivity index (χ4n) is 1.40. The molecule has 14 heavy (non-hydrogen) atoms. The second-order valence-corrected chi connectivity index (χ2v) is 4.48. The number of hydrogen-bond donors (Lipinski definition) is 1. The van der Waals surface area contributed by atoms with Crippen LogP contribution in [0, 0.1) is 6.92 Å². The van der Waals surface area contributed by atoms with Gasteiger partial charge in [0.05, 0.1) is 16.8 Å². The first-order chi connectivity index (χ1) is 6.66. The van der Waals surface area contributed by atoms with Crippen LogP contribution in [-0.4, -0.2) is 22.4 Å². The van der Waals surface area contributed by atoms with Crippen LogP contribution in [0.3, 0.4) is 0 Å². The maximum absolute atomic E-state index is 5.94. The number of nitrogens with zero attached hydrogens (tertiary/aromatic N) is 2. The molecular formula is C10H16ClN3. The van der Waals surface area contributed by atoms with Crippen molar-refractivity contribution in [3.8, 4) is 0 Å². The largest absolute Gasteiger partial charge is 0.312 e. The van der Waals surface area contributed by atoms with Gasteiger partial charge >= 0.3 is 0 Å². The third kappa shape index (κ3) is 2.28. The van der Waals surface area contributed by atoms with Crippen LogP contribution in [0.4, 0.5) is 0 Å². The second-order valence-electron chi connectivity index (χ2n) is 4.07. The molecule has 1 fully saturated rings. The fourth-order valence-corrected chi connectivity index (χ4v) is 1.54. The van der Waals surface area contributed by atoms with Crippen molar-refractivity contribution in [3.63, 3.8) is 0 Å². The standard InChI is InChI=1S/C10H16ClN3/c1-7(5-12-9-3-4-9)14-6-10(11)8(2)13-14/h6-7,9,12H,3-5H2,1-2H3. The highest BCUT2D eigenvalue weighted by Crippen LogP contribution is 2.20. The van der Waals surface area contributed by atoms with Gasteiger partial charge in [0.1, 0.15) is 0 Å². The molecule has 1 heterocycles. The molecule has 0 spiro atoms. The van der Waals surface area contributed by atoms with Crippen LogP contribution in [0.2, 0.25) is 5.02 Å². The first-order valence-electron chi connectivity index (χ1n) is 5.11. The van der Waals surface area contributed by atoms with Gasteiger partial charge in [0.2, 0.25) is 0 Å². The van der Waals surface area contributed by atoms with Gasteiger partial charge in [0, 0.05) is 18.8 Å². The normalized spacial score (nSPS) is 18.5. The number of halogens is 1. The molecule has 78 valence electrons. The Kier molecular flexibility index (Phi) is 2.79. The Labute approximate surface area is 89.4 Å². The van der Waals surface area contributed by atoms with Gasteiger partial charge in [-0.1, -0.05) is 11.6 Å². The molecule has 0 amide bonds. The van der Waals surface area contributed by atoms with Crippen LogP contribution in [-0.2, 0) is 0 Å². The van der Waals surface area contributed by atoms with E-state index in [0.717, 1.165) is 23.3 Å². The van der Waals surface area contributed by atoms with Crippen LogP contribution < -0.4 is 5.32 Å². The Morgan fingerprint density at radius 2 is 2.43 bits per heavy atom. The molecule has 1 aliphatic rings. The topological polar surface area (TPSA) is 29.9 Å². The van der Waals surface area contributed by atoms with E-state index in [1.54, 1.807) is 0 Å². The van der Waals surface area contributed by atoms with Crippen LogP contribution in [0.15, 0.2) is 6.20 Å². The molecule has 1 N–H and O–H groups in total. The molecule has 1 aliphatic carbocycles. The molecule has 1 aromatic rings. The van der Waals surface area contributed by atoms with E-state index >= 15 is 0 Å². The Morgan fingerprint density at radius 3 is 2.93 bits per heavy atom. The van der Waals surface area contributed by atoms with E-state index in [-0.39, 0.29) is 0 Å². The van der Waals surface area contributed by atoms with Gasteiger partial charge in [0.25, 0.3) is 0 Å². The average molecular weight is 214 g/mol. The Bertz CT molecular complexity index is 298. The van der Waals surface area contributed by atoms with E-state index in [9.17, 15) is 0 Å². The van der Waals surface area contributed by atoms with Crippen molar-refractivity contribution in [2.45, 2.75) is 38.8 Å². The maximum Gasteiger partial charge on any atom is 0.0815 e. The highest BCUT2D eigenvalue weighted by molar-refractivity contribution is 6.31. The molecule has 0 saturated heterocycles. The van der Waals surface area contributed by atoms with Crippen LogP contribution in [0.1, 0.15) is 31.5 Å². The molecule has 1 atom stereocenters. The first kappa shape index (κ1) is 9.99. The summed E-state index contributed by atoms with van der Waals surface area (Å²) >= 11 is 5.94. The molecular weight excluding hydrogens is 198 g/mol. The minimum absolute atomic E-state index is 0.377. The molecule has 0 aliphatic heterocycles. The zero-order valence-corrected chi connectivity index (χ0v) is 9.38. The summed E-state index contributed by atoms with van der Waals surface area (Å²) in [6.45, 7) is 5.06. The van der Waals surface area contributed by atoms with Crippen LogP contribution in [0.5, 0.6) is 0 Å². The zero-order chi connectivity index (χ0) is 10.1. The third-order valence-electron chi connectivity index (χ3n) is 2.59. The van der Waals surface area contributed by atoms with Gasteiger partial charge in [-0.3, -0.25) is 4.68 Å². The summed E-state index contributed by atoms with van der Waals surface area (Å²) < 4.78 is 1.94. The fraction of sp³-hybridized carbons (Fsp3) is 0.700. The molecule has 1 unspecified atom stereocenters. The van der Waals surface area contributed by atoms with Crippen molar-refractivity contribution < 1.29 is 0 Å². The summed E-state index contributed by atoms with van der Waals surface area (Å²) in [5.41, 5.74) is 0.907. The van der Waals surface area contributed by atoms with Gasteiger partial charge in [-0.25, -0.2) is 0 Å². The number of nitrogens with one attached hydrogen (secondary N) is 1. The molecule has 4 heteroatoms. The lowest BCUT2D eigenvalue weighted by atomic mass is 10.3. The number of aromatic nitrogens is 2. The molecule has 0 aromatic carbocycles. The monoisotopic (exact) mass is 213 g/mol. The molecule has 1 saturated carbocycles. The van der Waals surface area contributed by atoms with Gasteiger partial charge in [-0.15, -0.1) is 0 Å². The quantitative estimate of drug-likeness (QED) is 0.831. The van der Waals surface area contributed by atoms with Crippen molar-refractivity contribution in [1.29, 1.82) is 0 Å². The van der Waals surface area contributed by atoms with Crippen LogP contribution >= 0.6 is 11.6 Å². The molecule has 1 aromatic heterocycles. The summed E-state index contributed by atoms with van der Waals surface area (Å²) in [6.07, 6.45) is 4.55. The van der Waals surface area contributed by atoms with Crippen molar-refractivity contribution in [2.75, 3.05) is 6.54 Å². The van der Waals surface area contributed by atoms with Gasteiger partial charge in [-0.2, -0.15) is 5.10 Å². The third-order valence-corrected chi connectivity index (χ3v) is 2.96. The molecule has 0 bridgehead atoms. The van der Waals surface area contributed by atoms with Crippen LogP contribution in [0.25, 0.3) is 0 Å². The second kappa shape index (κ2) is 3.91. The maximum atomic E-state index is 5.94. The predicted octanol–water partition coefficient (Wildman–Crippen LogP) is 2.16. The van der Waals surface area contributed by atoms with Crippen molar-refractivity contribution in [2.24, 2.45) is 0 Å². The average Bonchev–Trinajstić information content (AvgIpc) is 2.91. The molecule has 0 radical (unpaired) electrons. The predicted molar refractivity (Wildman–Crippen MR) is 57.7 cm³/mol. The van der Waals surface area contributed by atoms with Crippen molar-refractivity contribution in [3.05, 3.63) is 16.9 Å². The van der Waals surface area contributed by atoms with Gasteiger partial charge < -0.3 is 5.32 Å². The van der Waals surface area contributed by atoms with E-state index in [0.29, 0.717) is 6.04 Å². The molecule has 3 nitrogen and oxygen atoms in total. The summed E-state index contributed by atoms with van der Waals surface area (Å²) in [5.74, 6) is 0. The van der Waals surface area contributed by atoms with E-state index in [1.807, 2.05) is 17.8 Å². The summed E-state index contributed by atoms with van der Waals surface area (Å²) in [6, 6.07) is 1.13. The Balaban J connectivity index is 1.91. The molecule has 2 rings (SSSR count). The minimum Gasteiger partial charge on any atom is -0.312 e. The van der Waals surface area contributed by atoms with Crippen molar-refractivity contribution in [1.82, 2.24) is 15.1 Å². The SMILES string of the molecule is Cc1nn(C(C)CNC2CC2)cc1Cl. The smallest absolute Gasteiger partial charge is 0.0815 e. The summed E-state index contributed by atoms with van der Waals surface area (Å²) in [5, 5.41) is 8.59. The number of aryl methyl sites for hydroxylation is 1. The lowest BCUT2D eigenvalue weighted by molar-refractivity contribution is 0.451. The highest BCUT2D eigenvalue weighted by Gasteiger charge is 2.21. The lowest BCUT2D eigenvalue weighted by Gasteiger charge is -2.12. The summed E-state index contributed by atoms with van der Waals surface area (Å²) in [4.78, 5) is 0. The zero-order valence-electron chi connectivity index (χ0n) is 8.63.